The van der Waals surface area contributed by atoms with Crippen LogP contribution in [0.15, 0.2) is 84.5 Å². The van der Waals surface area contributed by atoms with E-state index in [4.69, 9.17) is 33.2 Å². The van der Waals surface area contributed by atoms with Gasteiger partial charge in [-0.2, -0.15) is 0 Å². The Bertz CT molecular complexity index is 1150. The van der Waals surface area contributed by atoms with Crippen LogP contribution in [0.25, 0.3) is 0 Å². The summed E-state index contributed by atoms with van der Waals surface area (Å²) in [5, 5.41) is 0. The summed E-state index contributed by atoms with van der Waals surface area (Å²) in [5.41, 5.74) is 3.25. The van der Waals surface area contributed by atoms with Gasteiger partial charge in [0.1, 0.15) is 0 Å². The molecular formula is C37H56O7Sn. The van der Waals surface area contributed by atoms with Crippen molar-refractivity contribution in [2.24, 2.45) is 11.8 Å². The Kier molecular flexibility index (Phi) is 16.3. The molecule has 0 saturated carbocycles. The maximum absolute atomic E-state index is 6.68. The van der Waals surface area contributed by atoms with E-state index in [-0.39, 0.29) is 36.9 Å². The third-order valence-electron chi connectivity index (χ3n) is 7.94. The second kappa shape index (κ2) is 19.3. The first-order chi connectivity index (χ1) is 21.6. The first-order valence-electron chi connectivity index (χ1n) is 16.1. The molecule has 2 aromatic carbocycles. The molecule has 0 bridgehead atoms. The molecule has 1 heterocycles. The zero-order chi connectivity index (χ0) is 32.8. The molecule has 0 aromatic heterocycles. The molecule has 1 fully saturated rings. The third-order valence-corrected chi connectivity index (χ3v) is 10.9. The molecule has 2 aromatic rings. The predicted molar refractivity (Wildman–Crippen MR) is 182 cm³/mol. The van der Waals surface area contributed by atoms with Crippen LogP contribution in [0.5, 0.6) is 0 Å². The Morgan fingerprint density at radius 2 is 1.53 bits per heavy atom. The molecule has 1 saturated heterocycles. The van der Waals surface area contributed by atoms with E-state index in [0.29, 0.717) is 13.2 Å². The second-order valence-corrected chi connectivity index (χ2v) is 28.7. The summed E-state index contributed by atoms with van der Waals surface area (Å²) in [7, 11) is 3.30. The summed E-state index contributed by atoms with van der Waals surface area (Å²) in [6, 6.07) is 20.5. The number of hydrogen-bond donors (Lipinski definition) is 0. The molecule has 1 aliphatic rings. The van der Waals surface area contributed by atoms with Gasteiger partial charge in [-0.05, 0) is 5.56 Å². The van der Waals surface area contributed by atoms with Crippen LogP contribution in [0.3, 0.4) is 0 Å². The number of rotatable bonds is 19. The molecular weight excluding hydrogens is 675 g/mol. The maximum atomic E-state index is 6.68. The van der Waals surface area contributed by atoms with Gasteiger partial charge in [0.15, 0.2) is 0 Å². The average molecular weight is 732 g/mol. The number of allylic oxidation sites excluding steroid dienone is 1. The molecule has 45 heavy (non-hydrogen) atoms. The van der Waals surface area contributed by atoms with Gasteiger partial charge >= 0.3 is 234 Å². The van der Waals surface area contributed by atoms with Gasteiger partial charge in [-0.15, -0.1) is 0 Å². The fourth-order valence-electron chi connectivity index (χ4n) is 5.68. The van der Waals surface area contributed by atoms with E-state index in [1.807, 2.05) is 43.3 Å². The minimum absolute atomic E-state index is 0.000499. The van der Waals surface area contributed by atoms with Crippen LogP contribution in [0.4, 0.5) is 0 Å². The molecule has 0 unspecified atom stereocenters. The van der Waals surface area contributed by atoms with Gasteiger partial charge < -0.3 is 0 Å². The second-order valence-electron chi connectivity index (χ2n) is 13.2. The van der Waals surface area contributed by atoms with Crippen molar-refractivity contribution >= 4 is 18.4 Å². The molecule has 8 atom stereocenters. The molecule has 0 radical (unpaired) electrons. The molecule has 7 nitrogen and oxygen atoms in total. The Balaban J connectivity index is 1.90. The van der Waals surface area contributed by atoms with Crippen LogP contribution in [-0.2, 0) is 46.4 Å². The number of methoxy groups -OCH3 is 2. The Hall–Kier alpha value is -1.56. The minimum Gasteiger partial charge on any atom is -0.0622 e. The minimum atomic E-state index is -2.21. The number of hydrogen-bond acceptors (Lipinski definition) is 7. The van der Waals surface area contributed by atoms with E-state index in [1.165, 1.54) is 0 Å². The summed E-state index contributed by atoms with van der Waals surface area (Å²) >= 11 is -2.21. The molecule has 8 heteroatoms. The van der Waals surface area contributed by atoms with E-state index in [0.717, 1.165) is 21.3 Å². The zero-order valence-corrected chi connectivity index (χ0v) is 31.7. The van der Waals surface area contributed by atoms with Gasteiger partial charge in [-0.3, -0.25) is 0 Å². The van der Waals surface area contributed by atoms with Crippen molar-refractivity contribution in [1.82, 2.24) is 0 Å². The summed E-state index contributed by atoms with van der Waals surface area (Å²) in [6.45, 7) is 9.50. The summed E-state index contributed by atoms with van der Waals surface area (Å²) in [6.07, 6.45) is 4.55. The van der Waals surface area contributed by atoms with E-state index in [2.05, 4.69) is 78.1 Å². The van der Waals surface area contributed by atoms with Crippen LogP contribution in [-0.4, -0.2) is 80.8 Å². The van der Waals surface area contributed by atoms with Crippen molar-refractivity contribution in [3.05, 3.63) is 95.6 Å². The van der Waals surface area contributed by atoms with E-state index >= 15 is 0 Å². The number of benzene rings is 2. The monoisotopic (exact) mass is 732 g/mol. The summed E-state index contributed by atoms with van der Waals surface area (Å²) in [4.78, 5) is 7.16. The van der Waals surface area contributed by atoms with Gasteiger partial charge in [0, 0.05) is 7.11 Å². The third kappa shape index (κ3) is 12.2. The van der Waals surface area contributed by atoms with Crippen molar-refractivity contribution in [2.75, 3.05) is 25.6 Å². The van der Waals surface area contributed by atoms with Gasteiger partial charge in [0.05, 0.1) is 0 Å². The average Bonchev–Trinajstić information content (AvgIpc) is 3.34. The predicted octanol–water partition coefficient (Wildman–Crippen LogP) is 7.57. The molecule has 0 amide bonds. The van der Waals surface area contributed by atoms with E-state index in [1.54, 1.807) is 14.2 Å². The van der Waals surface area contributed by atoms with Crippen LogP contribution in [0.2, 0.25) is 14.8 Å². The fourth-order valence-corrected chi connectivity index (χ4v) is 7.65. The SMILES string of the molecule is C/C=C\[C@@H](O[CH2][Sn]([CH3])([CH3])[CH3])[C@@H](OCc1ccccc1)[C@H](C)/C=C(\C)[C@@H](OCOC)[C@H]1O[C@H](OC)[C@@H](C)[C@@H]1OCc1ccccc1. The van der Waals surface area contributed by atoms with Crippen molar-refractivity contribution in [3.63, 3.8) is 0 Å². The number of ether oxygens (including phenoxy) is 7. The Morgan fingerprint density at radius 1 is 0.911 bits per heavy atom. The molecule has 0 spiro atoms. The van der Waals surface area contributed by atoms with Crippen molar-refractivity contribution in [2.45, 2.75) is 92.5 Å². The molecule has 1 aliphatic heterocycles. The van der Waals surface area contributed by atoms with Crippen LogP contribution >= 0.6 is 0 Å². The summed E-state index contributed by atoms with van der Waals surface area (Å²) < 4.78 is 44.6. The molecule has 250 valence electrons. The molecule has 3 rings (SSSR count). The molecule has 0 aliphatic carbocycles. The Labute approximate surface area is 276 Å². The van der Waals surface area contributed by atoms with Gasteiger partial charge in [0.25, 0.3) is 0 Å². The van der Waals surface area contributed by atoms with Crippen molar-refractivity contribution < 1.29 is 33.2 Å². The van der Waals surface area contributed by atoms with Crippen LogP contribution in [0.1, 0.15) is 38.8 Å². The van der Waals surface area contributed by atoms with Gasteiger partial charge in [0.2, 0.25) is 0 Å². The van der Waals surface area contributed by atoms with E-state index in [9.17, 15) is 0 Å². The molecule has 0 N–H and O–H groups in total. The normalized spacial score (nSPS) is 23.7. The fraction of sp³-hybridized carbons (Fsp3) is 0.568. The summed E-state index contributed by atoms with van der Waals surface area (Å²) in [5.74, 6) is 0.000154. The first-order valence-corrected chi connectivity index (χ1v) is 26.7. The van der Waals surface area contributed by atoms with Crippen molar-refractivity contribution in [3.8, 4) is 0 Å². The smallest absolute Gasteiger partial charge is 0.0622 e. The topological polar surface area (TPSA) is 64.6 Å². The van der Waals surface area contributed by atoms with E-state index < -0.39 is 36.9 Å². The quantitative estimate of drug-likeness (QED) is 0.0840. The van der Waals surface area contributed by atoms with Gasteiger partial charge in [-0.1, -0.05) is 30.3 Å². The van der Waals surface area contributed by atoms with Crippen LogP contribution in [0, 0.1) is 11.8 Å². The van der Waals surface area contributed by atoms with Crippen molar-refractivity contribution in [1.29, 1.82) is 0 Å². The Morgan fingerprint density at radius 3 is 2.09 bits per heavy atom. The van der Waals surface area contributed by atoms with Crippen LogP contribution < -0.4 is 0 Å². The first kappa shape index (κ1) is 37.9. The standard InChI is InChI=1S/C34H47O7.3CH3.Sn/c1-8-15-29(36-6)30(38-21-27-16-11-9-12-17-27)24(2)20-25(3)31(40-23-35-5)33-32(26(4)34(37-7)41-33)39-22-28-18-13-10-14-19-28;;;;/h8-20,24,26,29-34H,6,21-23H2,1-5,7H3;3*1H3;/b15-8-,25-20+;;;;/t24-,26+,29-,30+,31-,32+,33-,34+;;;;/m1..../s1. The van der Waals surface area contributed by atoms with Gasteiger partial charge in [-0.25, -0.2) is 0 Å². The zero-order valence-electron chi connectivity index (χ0n) is 28.8.